The van der Waals surface area contributed by atoms with Gasteiger partial charge in [0.15, 0.2) is 0 Å². The maximum atomic E-state index is 13.6. The van der Waals surface area contributed by atoms with Crippen LogP contribution in [-0.2, 0) is 0 Å². The Balaban J connectivity index is 0.0000168. The van der Waals surface area contributed by atoms with Gasteiger partial charge in [0.2, 0.25) is 40.7 Å². The molecule has 0 radical (unpaired) electrons. The number of ether oxygens (including phenoxy) is 1. The highest BCUT2D eigenvalue weighted by Gasteiger charge is 2.95. The third-order valence-electron chi connectivity index (χ3n) is 4.53. The molecule has 0 saturated carbocycles. The van der Waals surface area contributed by atoms with E-state index in [9.17, 15) is 105 Å². The molecule has 0 aliphatic carbocycles. The summed E-state index contributed by atoms with van der Waals surface area (Å²) < 4.78 is 318. The molecule has 0 fully saturated rings. The third-order valence-corrected chi connectivity index (χ3v) is 4.53. The molecule has 0 unspecified atom stereocenters. The molecule has 0 bridgehead atoms. The van der Waals surface area contributed by atoms with Gasteiger partial charge in [-0.2, -0.15) is 92.2 Å². The summed E-state index contributed by atoms with van der Waals surface area (Å²) in [4.78, 5) is 0. The van der Waals surface area contributed by atoms with E-state index < -0.39 is 94.3 Å². The van der Waals surface area contributed by atoms with Crippen molar-refractivity contribution in [3.8, 4) is 5.75 Å². The van der Waals surface area contributed by atoms with E-state index >= 15 is 0 Å². The van der Waals surface area contributed by atoms with Gasteiger partial charge in [0.05, 0.1) is 0 Å². The van der Waals surface area contributed by atoms with E-state index in [4.69, 9.17) is 0 Å². The molecule has 1 rings (SSSR count). The summed E-state index contributed by atoms with van der Waals surface area (Å²) in [5.41, 5.74) is 0. The SMILES string of the molecule is Cl.FC(Oc1c(F)c(F)c(F)c(F)c1F)=C(F)C(F)(F)C(F)(F)C(F)(F)C(F)(F)C(F)(F)C(F)(F)C(F)(F)C(F)(F)F. The number of benzene rings is 1. The van der Waals surface area contributed by atoms with Gasteiger partial charge < -0.3 is 4.74 Å². The minimum absolute atomic E-state index is 0. The Kier molecular flexibility index (Phi) is 10.1. The molecule has 0 amide bonds. The first-order valence-electron chi connectivity index (χ1n) is 8.69. The van der Waals surface area contributed by atoms with Crippen LogP contribution in [-0.4, -0.2) is 47.6 Å². The summed E-state index contributed by atoms with van der Waals surface area (Å²) in [5.74, 6) is -86.6. The minimum atomic E-state index is -9.18. The number of halogens is 25. The van der Waals surface area contributed by atoms with Crippen LogP contribution < -0.4 is 4.74 Å². The van der Waals surface area contributed by atoms with Crippen LogP contribution in [0.5, 0.6) is 5.75 Å². The van der Waals surface area contributed by atoms with Gasteiger partial charge in [0, 0.05) is 0 Å². The first kappa shape index (κ1) is 39.4. The van der Waals surface area contributed by atoms with Crippen molar-refractivity contribution in [1.29, 1.82) is 0 Å². The van der Waals surface area contributed by atoms with Crippen LogP contribution in [0, 0.1) is 29.1 Å². The van der Waals surface area contributed by atoms with Gasteiger partial charge in [-0.05, 0) is 0 Å². The lowest BCUT2D eigenvalue weighted by molar-refractivity contribution is -0.460. The number of hydrogen-bond donors (Lipinski definition) is 0. The molecule has 1 nitrogen and oxygen atoms in total. The van der Waals surface area contributed by atoms with Crippen molar-refractivity contribution in [1.82, 2.24) is 0 Å². The van der Waals surface area contributed by atoms with E-state index in [1.165, 1.54) is 0 Å². The molecule has 1 aromatic carbocycles. The summed E-state index contributed by atoms with van der Waals surface area (Å²) in [5, 5.41) is 0. The lowest BCUT2D eigenvalue weighted by atomic mass is 9.88. The minimum Gasteiger partial charge on any atom is -0.423 e. The molecule has 0 N–H and O–H groups in total. The van der Waals surface area contributed by atoms with Gasteiger partial charge in [0.25, 0.3) is 0 Å². The van der Waals surface area contributed by atoms with Gasteiger partial charge >= 0.3 is 53.6 Å². The zero-order valence-corrected chi connectivity index (χ0v) is 18.7. The van der Waals surface area contributed by atoms with Crippen LogP contribution in [0.4, 0.5) is 105 Å². The second kappa shape index (κ2) is 10.8. The molecule has 0 aliphatic rings. The summed E-state index contributed by atoms with van der Waals surface area (Å²) in [7, 11) is 0. The predicted molar refractivity (Wildman–Crippen MR) is 84.0 cm³/mol. The topological polar surface area (TPSA) is 9.23 Å². The summed E-state index contributed by atoms with van der Waals surface area (Å²) >= 11 is 0. The summed E-state index contributed by atoms with van der Waals surface area (Å²) in [6.45, 7) is 0. The average molecular weight is 701 g/mol. The first-order valence-corrected chi connectivity index (χ1v) is 8.69. The Labute approximate surface area is 218 Å². The van der Waals surface area contributed by atoms with E-state index in [0.29, 0.717) is 0 Å². The van der Waals surface area contributed by atoms with Crippen LogP contribution in [0.15, 0.2) is 11.8 Å². The van der Waals surface area contributed by atoms with Gasteiger partial charge in [-0.25, -0.2) is 13.2 Å². The van der Waals surface area contributed by atoms with E-state index in [2.05, 4.69) is 4.74 Å². The maximum Gasteiger partial charge on any atom is 0.460 e. The van der Waals surface area contributed by atoms with Crippen LogP contribution in [0.1, 0.15) is 0 Å². The van der Waals surface area contributed by atoms with Gasteiger partial charge in [-0.15, -0.1) is 12.4 Å². The number of alkyl halides is 17. The molecule has 0 aromatic heterocycles. The van der Waals surface area contributed by atoms with Crippen molar-refractivity contribution in [2.45, 2.75) is 47.6 Å². The van der Waals surface area contributed by atoms with E-state index in [1.807, 2.05) is 0 Å². The molecule has 246 valence electrons. The summed E-state index contributed by atoms with van der Waals surface area (Å²) in [6, 6.07) is -4.49. The first-order chi connectivity index (χ1) is 17.7. The molecular formula is C16HClF24O. The second-order valence-electron chi connectivity index (χ2n) is 7.11. The van der Waals surface area contributed by atoms with E-state index in [1.54, 1.807) is 0 Å². The van der Waals surface area contributed by atoms with E-state index in [0.717, 1.165) is 0 Å². The highest BCUT2D eigenvalue weighted by molar-refractivity contribution is 5.85. The molecule has 0 spiro atoms. The molecule has 0 heterocycles. The van der Waals surface area contributed by atoms with Crippen molar-refractivity contribution in [3.05, 3.63) is 40.9 Å². The molecule has 0 aliphatic heterocycles. The standard InChI is InChI=1S/C16F24O.ClH/c17-1-2(18)4(20)6(5(21)3(1)19)41-8(23)7(22)9(24,25)10(26,27)11(28,29)12(30,31)13(32,33)14(34,35)15(36,37)16(38,39)40;/h;1H. The normalized spacial score (nSPS) is 15.3. The zero-order valence-electron chi connectivity index (χ0n) is 17.9. The second-order valence-corrected chi connectivity index (χ2v) is 7.11. The van der Waals surface area contributed by atoms with Gasteiger partial charge in [0.1, 0.15) is 0 Å². The Morgan fingerprint density at radius 1 is 0.405 bits per heavy atom. The molecule has 1 aromatic rings. The Hall–Kier alpha value is -2.63. The zero-order chi connectivity index (χ0) is 33.3. The fraction of sp³-hybridized carbons (Fsp3) is 0.500. The molecule has 42 heavy (non-hydrogen) atoms. The Bertz CT molecular complexity index is 1180. The molecule has 26 heteroatoms. The lowest BCUT2D eigenvalue weighted by Crippen LogP contribution is -2.74. The van der Waals surface area contributed by atoms with Crippen molar-refractivity contribution in [2.24, 2.45) is 0 Å². The number of rotatable bonds is 9. The molecular weight excluding hydrogens is 700 g/mol. The van der Waals surface area contributed by atoms with Crippen LogP contribution >= 0.6 is 12.4 Å². The maximum absolute atomic E-state index is 13.6. The fourth-order valence-electron chi connectivity index (χ4n) is 2.23. The van der Waals surface area contributed by atoms with Gasteiger partial charge in [-0.3, -0.25) is 0 Å². The monoisotopic (exact) mass is 700 g/mol. The predicted octanol–water partition coefficient (Wildman–Crippen LogP) is 9.30. The Morgan fingerprint density at radius 2 is 0.667 bits per heavy atom. The average Bonchev–Trinajstić information content (AvgIpc) is 2.81. The molecule has 0 atom stereocenters. The highest BCUT2D eigenvalue weighted by atomic mass is 35.5. The molecule has 0 saturated heterocycles. The van der Waals surface area contributed by atoms with E-state index in [-0.39, 0.29) is 12.4 Å². The third kappa shape index (κ3) is 5.11. The quantitative estimate of drug-likeness (QED) is 0.108. The van der Waals surface area contributed by atoms with Crippen molar-refractivity contribution >= 4 is 12.4 Å². The highest BCUT2D eigenvalue weighted by Crippen LogP contribution is 2.64. The van der Waals surface area contributed by atoms with Crippen molar-refractivity contribution < 1.29 is 110 Å². The fourth-order valence-corrected chi connectivity index (χ4v) is 2.23. The smallest absolute Gasteiger partial charge is 0.423 e. The number of allylic oxidation sites excluding steroid dienone is 1. The van der Waals surface area contributed by atoms with Crippen LogP contribution in [0.3, 0.4) is 0 Å². The lowest BCUT2D eigenvalue weighted by Gasteiger charge is -2.42. The van der Waals surface area contributed by atoms with Crippen molar-refractivity contribution in [3.63, 3.8) is 0 Å². The number of hydrogen-bond acceptors (Lipinski definition) is 1. The summed E-state index contributed by atoms with van der Waals surface area (Å²) in [6.07, 6.45) is -8.04. The van der Waals surface area contributed by atoms with Crippen molar-refractivity contribution in [2.75, 3.05) is 0 Å². The largest absolute Gasteiger partial charge is 0.460 e. The van der Waals surface area contributed by atoms with Crippen LogP contribution in [0.2, 0.25) is 0 Å². The van der Waals surface area contributed by atoms with Gasteiger partial charge in [-0.1, -0.05) is 0 Å². The van der Waals surface area contributed by atoms with Crippen LogP contribution in [0.25, 0.3) is 0 Å². The Morgan fingerprint density at radius 3 is 0.976 bits per heavy atom.